The summed E-state index contributed by atoms with van der Waals surface area (Å²) in [5, 5.41) is 2.45. The van der Waals surface area contributed by atoms with Gasteiger partial charge in [0.15, 0.2) is 0 Å². The van der Waals surface area contributed by atoms with Gasteiger partial charge in [-0.05, 0) is 79.4 Å². The summed E-state index contributed by atoms with van der Waals surface area (Å²) in [6.45, 7) is 6.56. The molecule has 0 bridgehead atoms. The first-order valence-corrected chi connectivity index (χ1v) is 17.6. The summed E-state index contributed by atoms with van der Waals surface area (Å²) >= 11 is 0. The molecule has 4 heterocycles. The molecule has 49 heavy (non-hydrogen) atoms. The third-order valence-corrected chi connectivity index (χ3v) is 11.1. The summed E-state index contributed by atoms with van der Waals surface area (Å²) in [7, 11) is -0.522. The molecule has 1 amide bonds. The predicted octanol–water partition coefficient (Wildman–Crippen LogP) is 5.31. The summed E-state index contributed by atoms with van der Waals surface area (Å²) in [6, 6.07) is 24.0. The minimum absolute atomic E-state index is 0.102. The Bertz CT molecular complexity index is 2380. The van der Waals surface area contributed by atoms with Crippen LogP contribution in [0.3, 0.4) is 0 Å². The SMILES string of the molecule is Cc1ccc(S(=O)(=O)n2ccc3c(-c4ccc5cc(-c6ccc(OCCN7CCN(C)C(=O)[C@H]7C)cc6)ncc5c4)cn(C)c(=O)c32)cc1. The third-order valence-electron chi connectivity index (χ3n) is 9.40. The van der Waals surface area contributed by atoms with E-state index in [4.69, 9.17) is 9.72 Å². The van der Waals surface area contributed by atoms with Crippen molar-refractivity contribution in [2.75, 3.05) is 33.3 Å². The second kappa shape index (κ2) is 12.6. The summed E-state index contributed by atoms with van der Waals surface area (Å²) in [4.78, 5) is 34.4. The van der Waals surface area contributed by atoms with Crippen LogP contribution >= 0.6 is 0 Å². The fraction of sp³-hybridized carbons (Fsp3) is 0.237. The van der Waals surface area contributed by atoms with E-state index in [9.17, 15) is 18.0 Å². The smallest absolute Gasteiger partial charge is 0.275 e. The highest BCUT2D eigenvalue weighted by Gasteiger charge is 2.29. The first kappa shape index (κ1) is 32.3. The molecule has 1 aliphatic rings. The summed E-state index contributed by atoms with van der Waals surface area (Å²) in [5.74, 6) is 0.896. The normalized spacial score (nSPS) is 15.7. The number of hydrogen-bond acceptors (Lipinski definition) is 7. The second-order valence-electron chi connectivity index (χ2n) is 12.6. The number of hydrogen-bond donors (Lipinski definition) is 0. The van der Waals surface area contributed by atoms with Crippen LogP contribution in [0.25, 0.3) is 44.1 Å². The van der Waals surface area contributed by atoms with E-state index in [-0.39, 0.29) is 22.4 Å². The molecule has 1 aliphatic heterocycles. The van der Waals surface area contributed by atoms with E-state index in [0.29, 0.717) is 18.5 Å². The Hall–Kier alpha value is -5.26. The highest BCUT2D eigenvalue weighted by Crippen LogP contribution is 2.32. The molecule has 0 aliphatic carbocycles. The first-order chi connectivity index (χ1) is 23.5. The number of aromatic nitrogens is 3. The van der Waals surface area contributed by atoms with Gasteiger partial charge in [0.2, 0.25) is 5.91 Å². The summed E-state index contributed by atoms with van der Waals surface area (Å²) in [5.41, 5.74) is 4.00. The van der Waals surface area contributed by atoms with Crippen molar-refractivity contribution < 1.29 is 17.9 Å². The largest absolute Gasteiger partial charge is 0.492 e. The maximum Gasteiger partial charge on any atom is 0.275 e. The van der Waals surface area contributed by atoms with Gasteiger partial charge in [0, 0.05) is 74.2 Å². The van der Waals surface area contributed by atoms with Crippen molar-refractivity contribution in [3.8, 4) is 28.1 Å². The Kier molecular flexibility index (Phi) is 8.33. The topological polar surface area (TPSA) is 107 Å². The number of fused-ring (bicyclic) bond motifs is 2. The van der Waals surface area contributed by atoms with Crippen LogP contribution in [0, 0.1) is 6.92 Å². The Morgan fingerprint density at radius 1 is 0.878 bits per heavy atom. The molecule has 250 valence electrons. The molecule has 10 nitrogen and oxygen atoms in total. The Labute approximate surface area is 284 Å². The molecule has 0 unspecified atom stereocenters. The molecule has 0 saturated carbocycles. The van der Waals surface area contributed by atoms with Crippen molar-refractivity contribution in [1.29, 1.82) is 0 Å². The fourth-order valence-corrected chi connectivity index (χ4v) is 7.76. The molecule has 1 fully saturated rings. The van der Waals surface area contributed by atoms with Crippen LogP contribution in [0.4, 0.5) is 0 Å². The molecule has 0 radical (unpaired) electrons. The van der Waals surface area contributed by atoms with Crippen LogP contribution in [0.1, 0.15) is 12.5 Å². The van der Waals surface area contributed by atoms with Gasteiger partial charge in [-0.3, -0.25) is 19.5 Å². The van der Waals surface area contributed by atoms with Crippen molar-refractivity contribution in [1.82, 2.24) is 23.3 Å². The van der Waals surface area contributed by atoms with Gasteiger partial charge in [-0.2, -0.15) is 0 Å². The van der Waals surface area contributed by atoms with Crippen molar-refractivity contribution in [2.24, 2.45) is 7.05 Å². The average Bonchev–Trinajstić information content (AvgIpc) is 3.57. The average molecular weight is 676 g/mol. The minimum Gasteiger partial charge on any atom is -0.492 e. The molecule has 0 N–H and O–H groups in total. The number of amides is 1. The van der Waals surface area contributed by atoms with Gasteiger partial charge in [0.25, 0.3) is 15.6 Å². The third kappa shape index (κ3) is 6.00. The lowest BCUT2D eigenvalue weighted by Crippen LogP contribution is -2.55. The van der Waals surface area contributed by atoms with Crippen LogP contribution in [0.15, 0.2) is 107 Å². The van der Waals surface area contributed by atoms with Crippen LogP contribution in [-0.2, 0) is 21.9 Å². The van der Waals surface area contributed by atoms with E-state index < -0.39 is 15.6 Å². The lowest BCUT2D eigenvalue weighted by atomic mass is 10.00. The Balaban J connectivity index is 1.12. The van der Waals surface area contributed by atoms with E-state index in [0.717, 1.165) is 61.5 Å². The lowest BCUT2D eigenvalue weighted by Gasteiger charge is -2.37. The molecule has 1 saturated heterocycles. The van der Waals surface area contributed by atoms with Gasteiger partial charge in [-0.15, -0.1) is 0 Å². The van der Waals surface area contributed by atoms with E-state index in [2.05, 4.69) is 4.90 Å². The molecule has 6 aromatic rings. The Morgan fingerprint density at radius 2 is 1.61 bits per heavy atom. The van der Waals surface area contributed by atoms with Crippen molar-refractivity contribution in [2.45, 2.75) is 24.8 Å². The van der Waals surface area contributed by atoms with Crippen molar-refractivity contribution in [3.63, 3.8) is 0 Å². The predicted molar refractivity (Wildman–Crippen MR) is 191 cm³/mol. The molecule has 3 aromatic carbocycles. The number of piperazine rings is 1. The molecular weight excluding hydrogens is 639 g/mol. The van der Waals surface area contributed by atoms with Crippen LogP contribution in [0.5, 0.6) is 5.75 Å². The quantitative estimate of drug-likeness (QED) is 0.215. The number of likely N-dealkylation sites (N-methyl/N-ethyl adjacent to an activating group) is 1. The van der Waals surface area contributed by atoms with Crippen LogP contribution < -0.4 is 10.3 Å². The van der Waals surface area contributed by atoms with Gasteiger partial charge >= 0.3 is 0 Å². The first-order valence-electron chi connectivity index (χ1n) is 16.2. The lowest BCUT2D eigenvalue weighted by molar-refractivity contribution is -0.139. The number of ether oxygens (including phenoxy) is 1. The highest BCUT2D eigenvalue weighted by atomic mass is 32.2. The Morgan fingerprint density at radius 3 is 2.37 bits per heavy atom. The molecular formula is C38H37N5O5S. The zero-order valence-electron chi connectivity index (χ0n) is 27.8. The maximum atomic E-state index is 13.6. The zero-order valence-corrected chi connectivity index (χ0v) is 28.6. The molecule has 0 spiro atoms. The number of pyridine rings is 2. The number of rotatable bonds is 8. The van der Waals surface area contributed by atoms with Crippen molar-refractivity contribution in [3.05, 3.63) is 113 Å². The van der Waals surface area contributed by atoms with E-state index in [1.807, 2.05) is 75.6 Å². The molecule has 11 heteroatoms. The molecule has 1 atom stereocenters. The minimum atomic E-state index is -3.99. The van der Waals surface area contributed by atoms with Crippen molar-refractivity contribution >= 4 is 37.6 Å². The second-order valence-corrected chi connectivity index (χ2v) is 14.4. The van der Waals surface area contributed by atoms with Gasteiger partial charge in [-0.1, -0.05) is 29.8 Å². The van der Waals surface area contributed by atoms with Gasteiger partial charge in [0.05, 0.1) is 16.6 Å². The van der Waals surface area contributed by atoms with E-state index in [1.54, 1.807) is 48.5 Å². The summed E-state index contributed by atoms with van der Waals surface area (Å²) in [6.07, 6.45) is 5.01. The maximum absolute atomic E-state index is 13.6. The van der Waals surface area contributed by atoms with E-state index >= 15 is 0 Å². The van der Waals surface area contributed by atoms with Gasteiger partial charge < -0.3 is 14.2 Å². The van der Waals surface area contributed by atoms with Crippen LogP contribution in [0.2, 0.25) is 0 Å². The van der Waals surface area contributed by atoms with Gasteiger partial charge in [0.1, 0.15) is 17.9 Å². The van der Waals surface area contributed by atoms with Crippen LogP contribution in [-0.4, -0.2) is 77.0 Å². The number of nitrogens with zero attached hydrogens (tertiary/aromatic N) is 5. The standard InChI is InChI=1S/C38H37N5O5S/c1-25-5-13-32(14-6-25)49(46,47)43-16-15-33-34(24-41(4)38(45)36(33)43)29-8-7-28-22-35(39-23-30(28)21-29)27-9-11-31(12-10-27)48-20-19-42-18-17-40(3)37(44)26(42)2/h5-16,21-24,26H,17-20H2,1-4H3/t26-/m1/s1. The van der Waals surface area contributed by atoms with E-state index in [1.165, 1.54) is 10.8 Å². The number of aryl methyl sites for hydroxylation is 2. The number of benzene rings is 3. The highest BCUT2D eigenvalue weighted by molar-refractivity contribution is 7.90. The summed E-state index contributed by atoms with van der Waals surface area (Å²) < 4.78 is 35.7. The number of carbonyl (C=O) groups excluding carboxylic acids is 1. The zero-order chi connectivity index (χ0) is 34.4. The fourth-order valence-electron chi connectivity index (χ4n) is 6.42. The molecule has 3 aromatic heterocycles. The van der Waals surface area contributed by atoms with Gasteiger partial charge in [-0.25, -0.2) is 12.4 Å². The monoisotopic (exact) mass is 675 g/mol. The number of carbonyl (C=O) groups is 1. The molecule has 7 rings (SSSR count).